The van der Waals surface area contributed by atoms with Crippen LogP contribution in [0.5, 0.6) is 5.75 Å². The summed E-state index contributed by atoms with van der Waals surface area (Å²) in [5, 5.41) is 0. The molecular formula is C14H20ClFN2O2. The molecule has 0 spiro atoms. The van der Waals surface area contributed by atoms with Crippen LogP contribution in [0.4, 0.5) is 10.1 Å². The number of nitrogens with zero attached hydrogens (tertiary/aromatic N) is 1. The number of amides is 1. The van der Waals surface area contributed by atoms with Crippen molar-refractivity contribution in [2.45, 2.75) is 25.3 Å². The van der Waals surface area contributed by atoms with Gasteiger partial charge in [-0.25, -0.2) is 4.39 Å². The lowest BCUT2D eigenvalue weighted by Crippen LogP contribution is -2.32. The molecule has 2 atom stereocenters. The normalized spacial score (nSPS) is 21.2. The van der Waals surface area contributed by atoms with Crippen LogP contribution < -0.4 is 15.4 Å². The van der Waals surface area contributed by atoms with Gasteiger partial charge in [-0.3, -0.25) is 4.79 Å². The maximum absolute atomic E-state index is 13.6. The molecule has 1 saturated carbocycles. The van der Waals surface area contributed by atoms with Crippen LogP contribution >= 0.6 is 12.4 Å². The first-order chi connectivity index (χ1) is 9.02. The highest BCUT2D eigenvalue weighted by Crippen LogP contribution is 2.29. The van der Waals surface area contributed by atoms with E-state index in [0.29, 0.717) is 12.1 Å². The van der Waals surface area contributed by atoms with Crippen molar-refractivity contribution in [3.05, 3.63) is 24.0 Å². The number of nitrogens with two attached hydrogens (primary N) is 1. The minimum atomic E-state index is -0.470. The monoisotopic (exact) mass is 302 g/mol. The van der Waals surface area contributed by atoms with Crippen molar-refractivity contribution in [3.63, 3.8) is 0 Å². The third-order valence-electron chi connectivity index (χ3n) is 3.68. The van der Waals surface area contributed by atoms with Crippen molar-refractivity contribution in [1.82, 2.24) is 0 Å². The van der Waals surface area contributed by atoms with E-state index in [1.807, 2.05) is 0 Å². The predicted molar refractivity (Wildman–Crippen MR) is 78.9 cm³/mol. The minimum absolute atomic E-state index is 0. The zero-order valence-corrected chi connectivity index (χ0v) is 12.5. The highest BCUT2D eigenvalue weighted by Gasteiger charge is 2.30. The van der Waals surface area contributed by atoms with Crippen LogP contribution in [0, 0.1) is 11.7 Å². The Hall–Kier alpha value is -1.33. The second-order valence-corrected chi connectivity index (χ2v) is 4.99. The fraction of sp³-hybridized carbons (Fsp3) is 0.500. The molecule has 1 amide bonds. The van der Waals surface area contributed by atoms with Crippen LogP contribution in [-0.2, 0) is 4.79 Å². The molecule has 1 fully saturated rings. The topological polar surface area (TPSA) is 55.6 Å². The lowest BCUT2D eigenvalue weighted by atomic mass is 10.1. The van der Waals surface area contributed by atoms with Gasteiger partial charge in [0.05, 0.1) is 7.11 Å². The van der Waals surface area contributed by atoms with Crippen LogP contribution in [-0.4, -0.2) is 26.1 Å². The molecule has 0 bridgehead atoms. The van der Waals surface area contributed by atoms with Crippen molar-refractivity contribution in [1.29, 1.82) is 0 Å². The fourth-order valence-electron chi connectivity index (χ4n) is 2.51. The number of carbonyl (C=O) groups is 1. The van der Waals surface area contributed by atoms with Crippen LogP contribution in [0.25, 0.3) is 0 Å². The van der Waals surface area contributed by atoms with Crippen molar-refractivity contribution in [2.24, 2.45) is 11.7 Å². The van der Waals surface area contributed by atoms with E-state index in [1.54, 1.807) is 13.1 Å². The molecule has 2 N–H and O–H groups in total. The van der Waals surface area contributed by atoms with E-state index in [4.69, 9.17) is 10.5 Å². The van der Waals surface area contributed by atoms with Crippen molar-refractivity contribution in [2.75, 3.05) is 19.1 Å². The smallest absolute Gasteiger partial charge is 0.229 e. The van der Waals surface area contributed by atoms with Gasteiger partial charge < -0.3 is 15.4 Å². The SMILES string of the molecule is COc1ccc(N(C)C(=O)C2CCC(N)C2)cc1F.Cl. The molecule has 0 aromatic heterocycles. The maximum Gasteiger partial charge on any atom is 0.229 e. The van der Waals surface area contributed by atoms with Crippen molar-refractivity contribution in [3.8, 4) is 5.75 Å². The number of hydrogen-bond acceptors (Lipinski definition) is 3. The van der Waals surface area contributed by atoms with E-state index >= 15 is 0 Å². The highest BCUT2D eigenvalue weighted by atomic mass is 35.5. The summed E-state index contributed by atoms with van der Waals surface area (Å²) in [5.74, 6) is -0.349. The first-order valence-electron chi connectivity index (χ1n) is 6.39. The van der Waals surface area contributed by atoms with Gasteiger partial charge in [0.2, 0.25) is 5.91 Å². The number of carbonyl (C=O) groups excluding carboxylic acids is 1. The molecule has 6 heteroatoms. The van der Waals surface area contributed by atoms with Crippen molar-refractivity contribution >= 4 is 24.0 Å². The van der Waals surface area contributed by atoms with Crippen molar-refractivity contribution < 1.29 is 13.9 Å². The summed E-state index contributed by atoms with van der Waals surface area (Å²) in [6, 6.07) is 4.62. The molecule has 2 rings (SSSR count). The summed E-state index contributed by atoms with van der Waals surface area (Å²) in [6.45, 7) is 0. The Morgan fingerprint density at radius 3 is 2.65 bits per heavy atom. The van der Waals surface area contributed by atoms with Crippen LogP contribution in [0.3, 0.4) is 0 Å². The van der Waals surface area contributed by atoms with E-state index in [2.05, 4.69) is 0 Å². The number of anilines is 1. The third kappa shape index (κ3) is 3.41. The standard InChI is InChI=1S/C14H19FN2O2.ClH/c1-17(14(18)9-3-4-10(16)7-9)11-5-6-13(19-2)12(15)8-11;/h5-6,8-10H,3-4,7,16H2,1-2H3;1H. The third-order valence-corrected chi connectivity index (χ3v) is 3.68. The van der Waals surface area contributed by atoms with Crippen LogP contribution in [0.2, 0.25) is 0 Å². The minimum Gasteiger partial charge on any atom is -0.494 e. The van der Waals surface area contributed by atoms with E-state index in [-0.39, 0.29) is 36.0 Å². The Labute approximate surface area is 124 Å². The summed E-state index contributed by atoms with van der Waals surface area (Å²) >= 11 is 0. The van der Waals surface area contributed by atoms with Gasteiger partial charge in [-0.2, -0.15) is 0 Å². The Balaban J connectivity index is 0.00000200. The molecule has 1 aliphatic rings. The van der Waals surface area contributed by atoms with Gasteiger partial charge >= 0.3 is 0 Å². The lowest BCUT2D eigenvalue weighted by Gasteiger charge is -2.21. The van der Waals surface area contributed by atoms with E-state index < -0.39 is 5.82 Å². The Morgan fingerprint density at radius 1 is 1.45 bits per heavy atom. The number of hydrogen-bond donors (Lipinski definition) is 1. The van der Waals surface area contributed by atoms with E-state index in [1.165, 1.54) is 24.1 Å². The summed E-state index contributed by atoms with van der Waals surface area (Å²) in [4.78, 5) is 13.8. The summed E-state index contributed by atoms with van der Waals surface area (Å²) in [7, 11) is 3.07. The first kappa shape index (κ1) is 16.7. The molecule has 112 valence electrons. The Morgan fingerprint density at radius 2 is 2.15 bits per heavy atom. The quantitative estimate of drug-likeness (QED) is 0.932. The summed E-state index contributed by atoms with van der Waals surface area (Å²) in [6.07, 6.45) is 2.39. The fourth-order valence-corrected chi connectivity index (χ4v) is 2.51. The molecular weight excluding hydrogens is 283 g/mol. The number of halogens is 2. The zero-order chi connectivity index (χ0) is 14.0. The molecule has 0 heterocycles. The largest absolute Gasteiger partial charge is 0.494 e. The second kappa shape index (κ2) is 6.90. The molecule has 1 aromatic carbocycles. The molecule has 0 aliphatic heterocycles. The van der Waals surface area contributed by atoms with Crippen LogP contribution in [0.1, 0.15) is 19.3 Å². The number of methoxy groups -OCH3 is 1. The summed E-state index contributed by atoms with van der Waals surface area (Å²) < 4.78 is 18.5. The average molecular weight is 303 g/mol. The van der Waals surface area contributed by atoms with E-state index in [0.717, 1.165) is 12.8 Å². The summed E-state index contributed by atoms with van der Waals surface area (Å²) in [5.41, 5.74) is 6.35. The molecule has 20 heavy (non-hydrogen) atoms. The van der Waals surface area contributed by atoms with E-state index in [9.17, 15) is 9.18 Å². The van der Waals surface area contributed by atoms with Gasteiger partial charge in [0, 0.05) is 30.8 Å². The molecule has 2 unspecified atom stereocenters. The van der Waals surface area contributed by atoms with Gasteiger partial charge in [-0.1, -0.05) is 0 Å². The molecule has 0 saturated heterocycles. The number of benzene rings is 1. The molecule has 1 aromatic rings. The van der Waals surface area contributed by atoms with Gasteiger partial charge in [-0.15, -0.1) is 12.4 Å². The average Bonchev–Trinajstić information content (AvgIpc) is 2.83. The van der Waals surface area contributed by atoms with Gasteiger partial charge in [0.15, 0.2) is 11.6 Å². The maximum atomic E-state index is 13.6. The highest BCUT2D eigenvalue weighted by molar-refractivity contribution is 5.94. The number of ether oxygens (including phenoxy) is 1. The Kier molecular flexibility index (Phi) is 5.77. The van der Waals surface area contributed by atoms with Gasteiger partial charge in [0.1, 0.15) is 0 Å². The zero-order valence-electron chi connectivity index (χ0n) is 11.6. The lowest BCUT2D eigenvalue weighted by molar-refractivity contribution is -0.121. The second-order valence-electron chi connectivity index (χ2n) is 4.99. The molecule has 1 aliphatic carbocycles. The first-order valence-corrected chi connectivity index (χ1v) is 6.39. The van der Waals surface area contributed by atoms with Crippen LogP contribution in [0.15, 0.2) is 18.2 Å². The van der Waals surface area contributed by atoms with Gasteiger partial charge in [0.25, 0.3) is 0 Å². The number of rotatable bonds is 3. The molecule has 4 nitrogen and oxygen atoms in total. The molecule has 0 radical (unpaired) electrons. The predicted octanol–water partition coefficient (Wildman–Crippen LogP) is 2.35. The van der Waals surface area contributed by atoms with Gasteiger partial charge in [-0.05, 0) is 31.4 Å². The Bertz CT molecular complexity index is 484.